The Hall–Kier alpha value is -3.28. The van der Waals surface area contributed by atoms with Gasteiger partial charge in [-0.05, 0) is 49.4 Å². The molecule has 0 saturated heterocycles. The van der Waals surface area contributed by atoms with Crippen molar-refractivity contribution in [1.82, 2.24) is 10.3 Å². The highest BCUT2D eigenvalue weighted by Crippen LogP contribution is 2.25. The molecular weight excluding hydrogens is 320 g/mol. The third-order valence-corrected chi connectivity index (χ3v) is 3.95. The lowest BCUT2D eigenvalue weighted by atomic mass is 10.2. The molecule has 0 fully saturated rings. The fraction of sp³-hybridized carbons (Fsp3) is 0.158. The van der Waals surface area contributed by atoms with E-state index in [1.54, 1.807) is 13.2 Å². The molecular formula is C19H16N2O4. The van der Waals surface area contributed by atoms with E-state index in [1.807, 2.05) is 43.3 Å². The smallest absolute Gasteiger partial charge is 0.287 e. The molecule has 1 amide bonds. The summed E-state index contributed by atoms with van der Waals surface area (Å²) in [5, 5.41) is 4.46. The van der Waals surface area contributed by atoms with Crippen LogP contribution in [0.15, 0.2) is 51.3 Å². The van der Waals surface area contributed by atoms with Crippen molar-refractivity contribution in [1.29, 1.82) is 0 Å². The van der Waals surface area contributed by atoms with Crippen molar-refractivity contribution in [3.63, 3.8) is 0 Å². The highest BCUT2D eigenvalue weighted by atomic mass is 16.5. The molecule has 0 aliphatic carbocycles. The SMILES string of the molecule is COc1ccc2nc3oc(C(=O)NCc4ccc(C)o4)cc3cc2c1. The van der Waals surface area contributed by atoms with Crippen molar-refractivity contribution in [2.75, 3.05) is 7.11 Å². The number of carbonyl (C=O) groups excluding carboxylic acids is 1. The topological polar surface area (TPSA) is 77.5 Å². The van der Waals surface area contributed by atoms with Crippen LogP contribution < -0.4 is 10.1 Å². The normalized spacial score (nSPS) is 11.1. The van der Waals surface area contributed by atoms with Crippen LogP contribution in [0.5, 0.6) is 5.75 Å². The number of aryl methyl sites for hydroxylation is 1. The first-order valence-corrected chi connectivity index (χ1v) is 7.84. The Labute approximate surface area is 143 Å². The maximum atomic E-state index is 12.3. The first-order chi connectivity index (χ1) is 12.1. The Morgan fingerprint density at radius 1 is 1.12 bits per heavy atom. The second-order valence-electron chi connectivity index (χ2n) is 5.75. The largest absolute Gasteiger partial charge is 0.497 e. The Kier molecular flexibility index (Phi) is 3.65. The molecule has 1 aromatic carbocycles. The Morgan fingerprint density at radius 3 is 2.76 bits per heavy atom. The molecule has 0 atom stereocenters. The van der Waals surface area contributed by atoms with Crippen LogP contribution in [0, 0.1) is 6.92 Å². The zero-order chi connectivity index (χ0) is 17.4. The number of hydrogen-bond acceptors (Lipinski definition) is 5. The summed E-state index contributed by atoms with van der Waals surface area (Å²) in [5.41, 5.74) is 1.21. The number of fused-ring (bicyclic) bond motifs is 2. The number of amides is 1. The van der Waals surface area contributed by atoms with Crippen LogP contribution in [-0.4, -0.2) is 18.0 Å². The van der Waals surface area contributed by atoms with Crippen LogP contribution in [-0.2, 0) is 6.54 Å². The van der Waals surface area contributed by atoms with Gasteiger partial charge < -0.3 is 18.9 Å². The van der Waals surface area contributed by atoms with Gasteiger partial charge in [0.05, 0.1) is 19.2 Å². The van der Waals surface area contributed by atoms with Gasteiger partial charge in [-0.3, -0.25) is 4.79 Å². The minimum atomic E-state index is -0.311. The molecule has 3 heterocycles. The molecule has 3 aromatic heterocycles. The zero-order valence-electron chi connectivity index (χ0n) is 13.8. The lowest BCUT2D eigenvalue weighted by Gasteiger charge is -2.01. The first-order valence-electron chi connectivity index (χ1n) is 7.84. The average Bonchev–Trinajstić information content (AvgIpc) is 3.22. The number of methoxy groups -OCH3 is 1. The molecule has 0 aliphatic heterocycles. The average molecular weight is 336 g/mol. The summed E-state index contributed by atoms with van der Waals surface area (Å²) in [6.45, 7) is 2.16. The maximum Gasteiger partial charge on any atom is 0.287 e. The number of benzene rings is 1. The first kappa shape index (κ1) is 15.3. The number of aromatic nitrogens is 1. The van der Waals surface area contributed by atoms with Crippen molar-refractivity contribution in [2.24, 2.45) is 0 Å². The Morgan fingerprint density at radius 2 is 2.00 bits per heavy atom. The van der Waals surface area contributed by atoms with E-state index in [-0.39, 0.29) is 11.7 Å². The molecule has 6 nitrogen and oxygen atoms in total. The highest BCUT2D eigenvalue weighted by Gasteiger charge is 2.14. The van der Waals surface area contributed by atoms with Gasteiger partial charge in [-0.1, -0.05) is 0 Å². The van der Waals surface area contributed by atoms with Gasteiger partial charge in [0.2, 0.25) is 5.71 Å². The van der Waals surface area contributed by atoms with E-state index in [2.05, 4.69) is 10.3 Å². The summed E-state index contributed by atoms with van der Waals surface area (Å²) in [6.07, 6.45) is 0. The lowest BCUT2D eigenvalue weighted by Crippen LogP contribution is -2.21. The van der Waals surface area contributed by atoms with Crippen LogP contribution in [0.3, 0.4) is 0 Å². The quantitative estimate of drug-likeness (QED) is 0.613. The lowest BCUT2D eigenvalue weighted by molar-refractivity contribution is 0.0922. The van der Waals surface area contributed by atoms with E-state index in [9.17, 15) is 4.79 Å². The number of pyridine rings is 1. The van der Waals surface area contributed by atoms with Crippen molar-refractivity contribution in [2.45, 2.75) is 13.5 Å². The van der Waals surface area contributed by atoms with Crippen LogP contribution in [0.1, 0.15) is 22.1 Å². The predicted octanol–water partition coefficient (Wildman–Crippen LogP) is 3.82. The van der Waals surface area contributed by atoms with E-state index in [4.69, 9.17) is 13.6 Å². The molecule has 0 unspecified atom stereocenters. The molecule has 25 heavy (non-hydrogen) atoms. The van der Waals surface area contributed by atoms with Gasteiger partial charge in [-0.25, -0.2) is 4.98 Å². The van der Waals surface area contributed by atoms with Gasteiger partial charge in [0.25, 0.3) is 5.91 Å². The fourth-order valence-electron chi connectivity index (χ4n) is 2.69. The zero-order valence-corrected chi connectivity index (χ0v) is 13.8. The summed E-state index contributed by atoms with van der Waals surface area (Å²) in [5.74, 6) is 2.16. The molecule has 0 spiro atoms. The summed E-state index contributed by atoms with van der Waals surface area (Å²) in [6, 6.07) is 12.9. The van der Waals surface area contributed by atoms with Gasteiger partial charge in [0, 0.05) is 10.8 Å². The van der Waals surface area contributed by atoms with E-state index >= 15 is 0 Å². The number of furan rings is 2. The monoisotopic (exact) mass is 336 g/mol. The summed E-state index contributed by atoms with van der Waals surface area (Å²) >= 11 is 0. The van der Waals surface area contributed by atoms with Crippen molar-refractivity contribution in [3.05, 3.63) is 59.7 Å². The Balaban J connectivity index is 1.61. The van der Waals surface area contributed by atoms with Gasteiger partial charge in [0.1, 0.15) is 17.3 Å². The third-order valence-electron chi connectivity index (χ3n) is 3.95. The van der Waals surface area contributed by atoms with E-state index in [0.717, 1.165) is 27.8 Å². The molecule has 126 valence electrons. The number of nitrogens with one attached hydrogen (secondary N) is 1. The van der Waals surface area contributed by atoms with Gasteiger partial charge in [-0.2, -0.15) is 0 Å². The molecule has 4 rings (SSSR count). The van der Waals surface area contributed by atoms with Gasteiger partial charge in [0.15, 0.2) is 5.76 Å². The highest BCUT2D eigenvalue weighted by molar-refractivity contribution is 5.98. The standard InChI is InChI=1S/C19H16N2O4/c1-11-3-4-15(24-11)10-20-18(22)17-9-13-7-12-8-14(23-2)5-6-16(12)21-19(13)25-17/h3-9H,10H2,1-2H3,(H,20,22). The molecule has 6 heteroatoms. The van der Waals surface area contributed by atoms with Crippen LogP contribution in [0.4, 0.5) is 0 Å². The van der Waals surface area contributed by atoms with E-state index < -0.39 is 0 Å². The number of carbonyl (C=O) groups is 1. The summed E-state index contributed by atoms with van der Waals surface area (Å²) < 4.78 is 16.3. The van der Waals surface area contributed by atoms with E-state index in [0.29, 0.717) is 18.0 Å². The number of rotatable bonds is 4. The second kappa shape index (κ2) is 5.98. The van der Waals surface area contributed by atoms with Crippen molar-refractivity contribution >= 4 is 27.9 Å². The molecule has 0 saturated carbocycles. The fourth-order valence-corrected chi connectivity index (χ4v) is 2.69. The summed E-state index contributed by atoms with van der Waals surface area (Å²) in [4.78, 5) is 16.8. The van der Waals surface area contributed by atoms with Crippen LogP contribution >= 0.6 is 0 Å². The maximum absolute atomic E-state index is 12.3. The molecule has 0 bridgehead atoms. The number of ether oxygens (including phenoxy) is 1. The number of hydrogen-bond donors (Lipinski definition) is 1. The molecule has 4 aromatic rings. The molecule has 1 N–H and O–H groups in total. The second-order valence-corrected chi connectivity index (χ2v) is 5.75. The predicted molar refractivity (Wildman–Crippen MR) is 92.7 cm³/mol. The minimum absolute atomic E-state index is 0.216. The van der Waals surface area contributed by atoms with Crippen LogP contribution in [0.2, 0.25) is 0 Å². The minimum Gasteiger partial charge on any atom is -0.497 e. The third kappa shape index (κ3) is 2.94. The van der Waals surface area contributed by atoms with Gasteiger partial charge in [-0.15, -0.1) is 0 Å². The summed E-state index contributed by atoms with van der Waals surface area (Å²) in [7, 11) is 1.62. The van der Waals surface area contributed by atoms with Crippen molar-refractivity contribution in [3.8, 4) is 5.75 Å². The van der Waals surface area contributed by atoms with Gasteiger partial charge >= 0.3 is 0 Å². The number of nitrogens with zero attached hydrogens (tertiary/aromatic N) is 1. The van der Waals surface area contributed by atoms with E-state index in [1.165, 1.54) is 0 Å². The van der Waals surface area contributed by atoms with Crippen molar-refractivity contribution < 1.29 is 18.4 Å². The molecule has 0 radical (unpaired) electrons. The molecule has 0 aliphatic rings. The Bertz CT molecular complexity index is 1080. The van der Waals surface area contributed by atoms with Crippen LogP contribution in [0.25, 0.3) is 22.0 Å².